The lowest BCUT2D eigenvalue weighted by Gasteiger charge is -2.20. The Morgan fingerprint density at radius 3 is 2.47 bits per heavy atom. The zero-order valence-electron chi connectivity index (χ0n) is 20.3. The Labute approximate surface area is 207 Å². The first kappa shape index (κ1) is 22.6. The minimum atomic E-state index is -2.91. The summed E-state index contributed by atoms with van der Waals surface area (Å²) in [5, 5.41) is 0. The first-order valence-corrected chi connectivity index (χ1v) is 12.0. The summed E-state index contributed by atoms with van der Waals surface area (Å²) < 4.78 is 31.4. The Kier molecular flexibility index (Phi) is 5.07. The Morgan fingerprint density at radius 1 is 1.03 bits per heavy atom. The van der Waals surface area contributed by atoms with Gasteiger partial charge in [-0.2, -0.15) is 8.78 Å². The first-order chi connectivity index (χ1) is 17.2. The molecule has 5 nitrogen and oxygen atoms in total. The summed E-state index contributed by atoms with van der Waals surface area (Å²) in [6, 6.07) is 18.0. The third kappa shape index (κ3) is 3.70. The second-order valence-corrected chi connectivity index (χ2v) is 10.0. The molecule has 1 aliphatic heterocycles. The summed E-state index contributed by atoms with van der Waals surface area (Å²) in [5.74, 6) is 0.539. The molecule has 1 saturated carbocycles. The van der Waals surface area contributed by atoms with Crippen LogP contribution in [-0.2, 0) is 5.41 Å². The molecule has 0 bridgehead atoms. The van der Waals surface area contributed by atoms with E-state index in [1.54, 1.807) is 16.7 Å². The van der Waals surface area contributed by atoms with E-state index in [0.29, 0.717) is 28.3 Å². The number of nitrogens with zero attached hydrogens (tertiary/aromatic N) is 3. The van der Waals surface area contributed by atoms with Crippen molar-refractivity contribution in [3.63, 3.8) is 0 Å². The second-order valence-electron chi connectivity index (χ2n) is 10.0. The van der Waals surface area contributed by atoms with Crippen LogP contribution >= 0.6 is 0 Å². The smallest absolute Gasteiger partial charge is 0.387 e. The number of hydrogen-bond donors (Lipinski definition) is 0. The van der Waals surface area contributed by atoms with Crippen LogP contribution in [0.25, 0.3) is 28.0 Å². The molecule has 182 valence electrons. The molecule has 0 unspecified atom stereocenters. The highest BCUT2D eigenvalue weighted by atomic mass is 19.3. The lowest BCUT2D eigenvalue weighted by atomic mass is 9.81. The van der Waals surface area contributed by atoms with E-state index >= 15 is 0 Å². The van der Waals surface area contributed by atoms with E-state index in [4.69, 9.17) is 4.98 Å². The van der Waals surface area contributed by atoms with Crippen LogP contribution in [0.4, 0.5) is 14.5 Å². The molecule has 0 atom stereocenters. The van der Waals surface area contributed by atoms with Gasteiger partial charge in [0.25, 0.3) is 5.56 Å². The molecule has 1 aliphatic carbocycles. The number of fused-ring (bicyclic) bond motifs is 2. The van der Waals surface area contributed by atoms with Crippen LogP contribution in [0.15, 0.2) is 70.5 Å². The van der Waals surface area contributed by atoms with Gasteiger partial charge in [0.05, 0.1) is 16.7 Å². The topological polar surface area (TPSA) is 56.5 Å². The molecule has 1 fully saturated rings. The van der Waals surface area contributed by atoms with Crippen molar-refractivity contribution >= 4 is 22.4 Å². The highest BCUT2D eigenvalue weighted by Crippen LogP contribution is 2.42. The molecule has 0 radical (unpaired) electrons. The number of ether oxygens (including phenoxy) is 1. The van der Waals surface area contributed by atoms with Crippen LogP contribution in [0, 0.1) is 0 Å². The molecule has 36 heavy (non-hydrogen) atoms. The number of hydrogen-bond acceptors (Lipinski definition) is 4. The fourth-order valence-corrected chi connectivity index (χ4v) is 4.89. The van der Waals surface area contributed by atoms with E-state index in [-0.39, 0.29) is 16.7 Å². The summed E-state index contributed by atoms with van der Waals surface area (Å²) in [5.41, 5.74) is 6.65. The first-order valence-electron chi connectivity index (χ1n) is 12.0. The summed E-state index contributed by atoms with van der Waals surface area (Å²) in [4.78, 5) is 23.5. The summed E-state index contributed by atoms with van der Waals surface area (Å²) in [6.45, 7) is 3.34. The number of alkyl halides is 2. The van der Waals surface area contributed by atoms with Gasteiger partial charge in [0.2, 0.25) is 0 Å². The van der Waals surface area contributed by atoms with Gasteiger partial charge in [0, 0.05) is 22.4 Å². The number of aromatic nitrogens is 2. The maximum absolute atomic E-state index is 14.0. The van der Waals surface area contributed by atoms with Crippen LogP contribution in [0.3, 0.4) is 0 Å². The van der Waals surface area contributed by atoms with E-state index in [1.807, 2.05) is 37.3 Å². The molecule has 7 heteroatoms. The summed E-state index contributed by atoms with van der Waals surface area (Å²) in [6.07, 6.45) is 2.26. The average molecular weight is 486 g/mol. The molecule has 2 aliphatic rings. The second kappa shape index (κ2) is 8.08. The van der Waals surface area contributed by atoms with Gasteiger partial charge >= 0.3 is 6.61 Å². The van der Waals surface area contributed by atoms with Crippen molar-refractivity contribution < 1.29 is 13.5 Å². The van der Waals surface area contributed by atoms with Crippen molar-refractivity contribution in [2.45, 2.75) is 51.6 Å². The molecular formula is C29H25F2N3O2. The highest BCUT2D eigenvalue weighted by Gasteiger charge is 2.33. The van der Waals surface area contributed by atoms with E-state index in [2.05, 4.69) is 29.6 Å². The van der Waals surface area contributed by atoms with Crippen LogP contribution < -0.4 is 10.3 Å². The van der Waals surface area contributed by atoms with Gasteiger partial charge in [-0.25, -0.2) is 4.98 Å². The zero-order valence-corrected chi connectivity index (χ0v) is 20.3. The molecule has 4 aromatic rings. The Hall–Kier alpha value is -3.87. The van der Waals surface area contributed by atoms with Crippen LogP contribution in [0.1, 0.15) is 50.7 Å². The maximum atomic E-state index is 14.0. The molecule has 0 N–H and O–H groups in total. The highest BCUT2D eigenvalue weighted by molar-refractivity contribution is 6.00. The number of halogens is 2. The molecule has 6 rings (SSSR count). The van der Waals surface area contributed by atoms with Gasteiger partial charge in [0.1, 0.15) is 11.4 Å². The summed E-state index contributed by atoms with van der Waals surface area (Å²) in [7, 11) is 0. The van der Waals surface area contributed by atoms with Crippen molar-refractivity contribution in [1.82, 2.24) is 9.55 Å². The van der Waals surface area contributed by atoms with E-state index in [0.717, 1.165) is 35.4 Å². The lowest BCUT2D eigenvalue weighted by Crippen LogP contribution is -2.24. The van der Waals surface area contributed by atoms with Crippen LogP contribution in [0.5, 0.6) is 5.75 Å². The van der Waals surface area contributed by atoms with Crippen LogP contribution in [0.2, 0.25) is 0 Å². The summed E-state index contributed by atoms with van der Waals surface area (Å²) >= 11 is 0. The fraction of sp³-hybridized carbons (Fsp3) is 0.276. The molecule has 2 heterocycles. The number of aliphatic imine (C=N–C) groups is 1. The van der Waals surface area contributed by atoms with E-state index in [1.165, 1.54) is 17.7 Å². The predicted octanol–water partition coefficient (Wildman–Crippen LogP) is 6.92. The van der Waals surface area contributed by atoms with Crippen molar-refractivity contribution in [1.29, 1.82) is 0 Å². The fourth-order valence-electron chi connectivity index (χ4n) is 4.89. The quantitative estimate of drug-likeness (QED) is 0.308. The normalized spacial score (nSPS) is 16.3. The number of rotatable bonds is 5. The van der Waals surface area contributed by atoms with E-state index in [9.17, 15) is 13.6 Å². The van der Waals surface area contributed by atoms with Crippen molar-refractivity contribution in [3.8, 4) is 22.7 Å². The molecule has 0 saturated heterocycles. The van der Waals surface area contributed by atoms with Crippen molar-refractivity contribution in [2.75, 3.05) is 0 Å². The predicted molar refractivity (Wildman–Crippen MR) is 137 cm³/mol. The van der Waals surface area contributed by atoms with Gasteiger partial charge in [-0.3, -0.25) is 14.4 Å². The molecule has 0 spiro atoms. The third-order valence-corrected chi connectivity index (χ3v) is 7.38. The zero-order chi connectivity index (χ0) is 25.2. The van der Waals surface area contributed by atoms with Gasteiger partial charge in [-0.15, -0.1) is 0 Å². The maximum Gasteiger partial charge on any atom is 0.387 e. The van der Waals surface area contributed by atoms with Crippen molar-refractivity contribution in [3.05, 3.63) is 82.1 Å². The Bertz CT molecular complexity index is 1600. The molecule has 0 amide bonds. The monoisotopic (exact) mass is 485 g/mol. The standard InChI is InChI=1S/C29H25F2N3O2/c1-16-29(2,3)22-14-19(7-12-23(22)32-16)26-27(35)34(20-8-10-21(11-9-20)36-28(30)31)25-15-18(17-4-5-17)6-13-24(25)33-26/h6-15,17,28H,4-5H2,1-3H3. The minimum absolute atomic E-state index is 0.0373. The third-order valence-electron chi connectivity index (χ3n) is 7.38. The van der Waals surface area contributed by atoms with Gasteiger partial charge < -0.3 is 4.74 Å². The average Bonchev–Trinajstić information content (AvgIpc) is 3.66. The van der Waals surface area contributed by atoms with E-state index < -0.39 is 6.61 Å². The van der Waals surface area contributed by atoms with Crippen LogP contribution in [-0.4, -0.2) is 21.9 Å². The SMILES string of the molecule is CC1=Nc2ccc(-c3nc4ccc(C5CC5)cc4n(-c4ccc(OC(F)F)cc4)c3=O)cc2C1(C)C. The van der Waals surface area contributed by atoms with Gasteiger partial charge in [0.15, 0.2) is 0 Å². The minimum Gasteiger partial charge on any atom is -0.435 e. The van der Waals surface area contributed by atoms with Gasteiger partial charge in [-0.05, 0) is 85.3 Å². The Morgan fingerprint density at radius 2 is 1.78 bits per heavy atom. The van der Waals surface area contributed by atoms with Crippen molar-refractivity contribution in [2.24, 2.45) is 4.99 Å². The molecule has 3 aromatic carbocycles. The number of benzene rings is 3. The van der Waals surface area contributed by atoms with Gasteiger partial charge in [-0.1, -0.05) is 26.0 Å². The lowest BCUT2D eigenvalue weighted by molar-refractivity contribution is -0.0498. The molecular weight excluding hydrogens is 460 g/mol. The largest absolute Gasteiger partial charge is 0.435 e. The molecule has 1 aromatic heterocycles. The Balaban J connectivity index is 1.55.